The van der Waals surface area contributed by atoms with Crippen LogP contribution in [0.2, 0.25) is 10.0 Å². The summed E-state index contributed by atoms with van der Waals surface area (Å²) in [7, 11) is 1.52. The van der Waals surface area contributed by atoms with Crippen LogP contribution in [0.1, 0.15) is 36.3 Å². The fourth-order valence-corrected chi connectivity index (χ4v) is 5.71. The van der Waals surface area contributed by atoms with Crippen LogP contribution in [0.5, 0.6) is 5.75 Å². The van der Waals surface area contributed by atoms with E-state index in [1.165, 1.54) is 24.2 Å². The van der Waals surface area contributed by atoms with Gasteiger partial charge in [0.2, 0.25) is 0 Å². The first kappa shape index (κ1) is 26.3. The van der Waals surface area contributed by atoms with Crippen molar-refractivity contribution in [3.8, 4) is 11.8 Å². The highest BCUT2D eigenvalue weighted by Gasteiger charge is 2.40. The molecule has 0 amide bonds. The van der Waals surface area contributed by atoms with Gasteiger partial charge in [-0.05, 0) is 48.7 Å². The molecule has 39 heavy (non-hydrogen) atoms. The number of allylic oxidation sites excluding steroid dienone is 3. The van der Waals surface area contributed by atoms with Crippen LogP contribution in [0, 0.1) is 21.4 Å². The maximum absolute atomic E-state index is 13.4. The number of carbonyl (C=O) groups is 1. The standard InChI is InChI=1S/C27H22Cl2N6O4/c1-39-24-6-5-15(7-16(24)13-33-14-20(12-32-33)35(37)38)25-21(11-30)27(31)34(19-9-17(28)8-18(29)10-19)22-3-2-4-23(36)26(22)25/h5-10,12,14,25H,2-4,13,31H2,1H3. The summed E-state index contributed by atoms with van der Waals surface area (Å²) in [4.78, 5) is 25.7. The van der Waals surface area contributed by atoms with Gasteiger partial charge in [0, 0.05) is 33.3 Å². The van der Waals surface area contributed by atoms with Gasteiger partial charge in [-0.15, -0.1) is 0 Å². The minimum Gasteiger partial charge on any atom is -0.496 e. The van der Waals surface area contributed by atoms with E-state index in [1.54, 1.807) is 35.2 Å². The van der Waals surface area contributed by atoms with Crippen LogP contribution in [-0.2, 0) is 11.3 Å². The summed E-state index contributed by atoms with van der Waals surface area (Å²) >= 11 is 12.5. The van der Waals surface area contributed by atoms with Crippen molar-refractivity contribution >= 4 is 40.4 Å². The predicted octanol–water partition coefficient (Wildman–Crippen LogP) is 5.46. The quantitative estimate of drug-likeness (QED) is 0.307. The third-order valence-electron chi connectivity index (χ3n) is 6.82. The Hall–Kier alpha value is -4.33. The normalized spacial score (nSPS) is 17.2. The summed E-state index contributed by atoms with van der Waals surface area (Å²) in [6, 6.07) is 12.6. The number of ketones is 1. The molecule has 0 saturated carbocycles. The summed E-state index contributed by atoms with van der Waals surface area (Å²) in [5.41, 5.74) is 9.81. The molecular formula is C27H22Cl2N6O4. The van der Waals surface area contributed by atoms with Crippen molar-refractivity contribution in [2.75, 3.05) is 12.0 Å². The molecule has 1 unspecified atom stereocenters. The second-order valence-electron chi connectivity index (χ2n) is 9.17. The molecule has 2 N–H and O–H groups in total. The maximum Gasteiger partial charge on any atom is 0.307 e. The number of methoxy groups -OCH3 is 1. The Labute approximate surface area is 233 Å². The van der Waals surface area contributed by atoms with Gasteiger partial charge in [-0.2, -0.15) is 10.4 Å². The average Bonchev–Trinajstić information content (AvgIpc) is 3.36. The fourth-order valence-electron chi connectivity index (χ4n) is 5.19. The molecule has 0 bridgehead atoms. The number of hydrogen-bond donors (Lipinski definition) is 1. The molecule has 1 aliphatic carbocycles. The molecule has 1 aliphatic heterocycles. The molecule has 2 heterocycles. The number of rotatable bonds is 6. The first-order valence-corrected chi connectivity index (χ1v) is 12.7. The van der Waals surface area contributed by atoms with Gasteiger partial charge in [0.15, 0.2) is 5.78 Å². The molecule has 12 heteroatoms. The topological polar surface area (TPSA) is 140 Å². The molecule has 2 aromatic carbocycles. The molecule has 0 spiro atoms. The van der Waals surface area contributed by atoms with Gasteiger partial charge in [0.25, 0.3) is 0 Å². The zero-order chi connectivity index (χ0) is 27.8. The highest BCUT2D eigenvalue weighted by molar-refractivity contribution is 6.35. The Morgan fingerprint density at radius 3 is 2.62 bits per heavy atom. The van der Waals surface area contributed by atoms with E-state index in [0.717, 1.165) is 0 Å². The predicted molar refractivity (Wildman–Crippen MR) is 145 cm³/mol. The second-order valence-corrected chi connectivity index (χ2v) is 10.0. The van der Waals surface area contributed by atoms with Crippen LogP contribution in [0.15, 0.2) is 71.5 Å². The number of nitrogens with two attached hydrogens (primary N) is 1. The van der Waals surface area contributed by atoms with E-state index in [4.69, 9.17) is 33.7 Å². The third-order valence-corrected chi connectivity index (χ3v) is 7.26. The highest BCUT2D eigenvalue weighted by Crippen LogP contribution is 2.47. The van der Waals surface area contributed by atoms with Crippen molar-refractivity contribution in [2.24, 2.45) is 5.73 Å². The van der Waals surface area contributed by atoms with Crippen LogP contribution in [0.3, 0.4) is 0 Å². The van der Waals surface area contributed by atoms with Gasteiger partial charge < -0.3 is 10.5 Å². The van der Waals surface area contributed by atoms with Crippen LogP contribution >= 0.6 is 23.2 Å². The summed E-state index contributed by atoms with van der Waals surface area (Å²) in [6.45, 7) is 0.172. The van der Waals surface area contributed by atoms with Gasteiger partial charge >= 0.3 is 5.69 Å². The Bertz CT molecular complexity index is 1600. The van der Waals surface area contributed by atoms with Crippen molar-refractivity contribution < 1.29 is 14.5 Å². The number of halogens is 2. The van der Waals surface area contributed by atoms with Gasteiger partial charge in [-0.3, -0.25) is 24.5 Å². The average molecular weight is 565 g/mol. The number of nitriles is 1. The van der Waals surface area contributed by atoms with Crippen molar-refractivity contribution in [1.29, 1.82) is 5.26 Å². The molecule has 3 aromatic rings. The van der Waals surface area contributed by atoms with Gasteiger partial charge in [0.1, 0.15) is 24.0 Å². The minimum absolute atomic E-state index is 0.0697. The lowest BCUT2D eigenvalue weighted by molar-refractivity contribution is -0.385. The smallest absolute Gasteiger partial charge is 0.307 e. The van der Waals surface area contributed by atoms with Crippen LogP contribution in [-0.4, -0.2) is 27.6 Å². The Kier molecular flexibility index (Phi) is 7.04. The molecule has 10 nitrogen and oxygen atoms in total. The molecule has 5 rings (SSSR count). The molecule has 1 aromatic heterocycles. The number of ether oxygens (including phenoxy) is 1. The number of Topliss-reactive ketones (excluding diaryl/α,β-unsaturated/α-hetero) is 1. The van der Waals surface area contributed by atoms with Gasteiger partial charge in [-0.25, -0.2) is 0 Å². The Morgan fingerprint density at radius 1 is 1.23 bits per heavy atom. The largest absolute Gasteiger partial charge is 0.496 e. The van der Waals surface area contributed by atoms with E-state index in [9.17, 15) is 20.2 Å². The van der Waals surface area contributed by atoms with Crippen molar-refractivity contribution in [3.63, 3.8) is 0 Å². The van der Waals surface area contributed by atoms with Crippen LogP contribution in [0.4, 0.5) is 11.4 Å². The SMILES string of the molecule is COc1ccc(C2C(C#N)=C(N)N(c3cc(Cl)cc(Cl)c3)C3=C2C(=O)CCC3)cc1Cn1cc([N+](=O)[O-])cn1. The molecule has 0 fully saturated rings. The number of hydrogen-bond acceptors (Lipinski definition) is 8. The van der Waals surface area contributed by atoms with E-state index in [2.05, 4.69) is 11.2 Å². The number of benzene rings is 2. The van der Waals surface area contributed by atoms with Crippen molar-refractivity contribution in [1.82, 2.24) is 9.78 Å². The van der Waals surface area contributed by atoms with Crippen molar-refractivity contribution in [2.45, 2.75) is 31.7 Å². The van der Waals surface area contributed by atoms with E-state index in [0.29, 0.717) is 63.1 Å². The minimum atomic E-state index is -0.708. The lowest BCUT2D eigenvalue weighted by atomic mass is 9.75. The number of carbonyl (C=O) groups excluding carboxylic acids is 1. The summed E-state index contributed by atoms with van der Waals surface area (Å²) < 4.78 is 6.95. The fraction of sp³-hybridized carbons (Fsp3) is 0.222. The van der Waals surface area contributed by atoms with E-state index in [1.807, 2.05) is 6.07 Å². The molecule has 198 valence electrons. The van der Waals surface area contributed by atoms with Crippen molar-refractivity contribution in [3.05, 3.63) is 103 Å². The van der Waals surface area contributed by atoms with Crippen LogP contribution in [0.25, 0.3) is 0 Å². The molecule has 0 radical (unpaired) electrons. The van der Waals surface area contributed by atoms with E-state index in [-0.39, 0.29) is 29.4 Å². The molecule has 0 saturated heterocycles. The number of anilines is 1. The molecule has 2 aliphatic rings. The van der Waals surface area contributed by atoms with Gasteiger partial charge in [-0.1, -0.05) is 29.3 Å². The van der Waals surface area contributed by atoms with E-state index >= 15 is 0 Å². The number of nitro groups is 1. The zero-order valence-electron chi connectivity index (χ0n) is 20.7. The second kappa shape index (κ2) is 10.4. The van der Waals surface area contributed by atoms with E-state index < -0.39 is 10.8 Å². The highest BCUT2D eigenvalue weighted by atomic mass is 35.5. The monoisotopic (exact) mass is 564 g/mol. The van der Waals surface area contributed by atoms with Crippen LogP contribution < -0.4 is 15.4 Å². The molecular weight excluding hydrogens is 543 g/mol. The lowest BCUT2D eigenvalue weighted by Gasteiger charge is -2.39. The zero-order valence-corrected chi connectivity index (χ0v) is 22.2. The lowest BCUT2D eigenvalue weighted by Crippen LogP contribution is -2.38. The first-order chi connectivity index (χ1) is 18.7. The number of nitrogens with zero attached hydrogens (tertiary/aromatic N) is 5. The molecule has 1 atom stereocenters. The maximum atomic E-state index is 13.4. The first-order valence-electron chi connectivity index (χ1n) is 12.0. The van der Waals surface area contributed by atoms with Gasteiger partial charge in [0.05, 0.1) is 41.8 Å². The Balaban J connectivity index is 1.65. The summed E-state index contributed by atoms with van der Waals surface area (Å²) in [6.07, 6.45) is 4.04. The Morgan fingerprint density at radius 2 is 1.97 bits per heavy atom. The summed E-state index contributed by atoms with van der Waals surface area (Å²) in [5.74, 6) is -0.0584. The number of aromatic nitrogens is 2. The summed E-state index contributed by atoms with van der Waals surface area (Å²) in [5, 5.41) is 26.3. The third kappa shape index (κ3) is 4.82.